The van der Waals surface area contributed by atoms with Gasteiger partial charge in [0.05, 0.1) is 30.4 Å². The third-order valence-electron chi connectivity index (χ3n) is 5.65. The number of carbonyl (C=O) groups excluding carboxylic acids is 1. The van der Waals surface area contributed by atoms with E-state index in [1.54, 1.807) is 12.3 Å². The summed E-state index contributed by atoms with van der Waals surface area (Å²) in [5, 5.41) is 16.7. The van der Waals surface area contributed by atoms with Gasteiger partial charge in [-0.15, -0.1) is 0 Å². The van der Waals surface area contributed by atoms with E-state index in [0.717, 1.165) is 19.1 Å². The van der Waals surface area contributed by atoms with Crippen molar-refractivity contribution in [2.24, 2.45) is 0 Å². The van der Waals surface area contributed by atoms with Crippen LogP contribution in [0.2, 0.25) is 0 Å². The normalized spacial score (nSPS) is 12.4. The number of H-pyrrole nitrogens is 1. The number of ether oxygens (including phenoxy) is 1. The summed E-state index contributed by atoms with van der Waals surface area (Å²) in [6.45, 7) is 0.820. The summed E-state index contributed by atoms with van der Waals surface area (Å²) in [6.07, 6.45) is -1.72. The molecule has 4 rings (SSSR count). The zero-order chi connectivity index (χ0) is 26.2. The van der Waals surface area contributed by atoms with E-state index in [2.05, 4.69) is 20.4 Å². The van der Waals surface area contributed by atoms with Gasteiger partial charge in [-0.1, -0.05) is 0 Å². The Bertz CT molecular complexity index is 1500. The molecule has 0 saturated carbocycles. The zero-order valence-corrected chi connectivity index (χ0v) is 18.9. The number of carbonyl (C=O) groups is 1. The van der Waals surface area contributed by atoms with Gasteiger partial charge in [0.1, 0.15) is 40.8 Å². The number of nitrogens with two attached hydrogens (primary N) is 1. The first-order valence-electron chi connectivity index (χ1n) is 10.5. The Morgan fingerprint density at radius 3 is 2.78 bits per heavy atom. The summed E-state index contributed by atoms with van der Waals surface area (Å²) in [5.41, 5.74) is 6.69. The highest BCUT2D eigenvalue weighted by Crippen LogP contribution is 2.37. The molecule has 3 heterocycles. The van der Waals surface area contributed by atoms with E-state index in [0.29, 0.717) is 21.3 Å². The molecule has 0 fully saturated rings. The van der Waals surface area contributed by atoms with Gasteiger partial charge in [-0.05, 0) is 31.2 Å². The molecule has 4 aromatic rings. The van der Waals surface area contributed by atoms with Crippen molar-refractivity contribution in [2.75, 3.05) is 12.8 Å². The summed E-state index contributed by atoms with van der Waals surface area (Å²) in [6, 6.07) is 4.94. The lowest BCUT2D eigenvalue weighted by molar-refractivity contribution is -0.164. The summed E-state index contributed by atoms with van der Waals surface area (Å²) >= 11 is 0. The third kappa shape index (κ3) is 4.28. The fraction of sp³-hybridized carbons (Fsp3) is 0.217. The number of halogens is 4. The minimum absolute atomic E-state index is 0.00434. The number of nitrogens with one attached hydrogen (secondary N) is 2. The number of hydrogen-bond donors (Lipinski definition) is 3. The van der Waals surface area contributed by atoms with Crippen LogP contribution in [0.4, 0.5) is 23.4 Å². The Balaban J connectivity index is 1.69. The van der Waals surface area contributed by atoms with Crippen LogP contribution in [0.1, 0.15) is 34.6 Å². The average molecular weight is 501 g/mol. The number of aromatic amines is 1. The Hall–Kier alpha value is -4.60. The highest BCUT2D eigenvalue weighted by atomic mass is 19.4. The molecule has 9 nitrogen and oxygen atoms in total. The van der Waals surface area contributed by atoms with Crippen molar-refractivity contribution < 1.29 is 27.1 Å². The van der Waals surface area contributed by atoms with Crippen molar-refractivity contribution in [1.29, 1.82) is 5.26 Å². The van der Waals surface area contributed by atoms with E-state index in [1.165, 1.54) is 19.4 Å². The van der Waals surface area contributed by atoms with E-state index in [9.17, 15) is 27.6 Å². The van der Waals surface area contributed by atoms with Crippen molar-refractivity contribution >= 4 is 22.6 Å². The van der Waals surface area contributed by atoms with Crippen molar-refractivity contribution in [2.45, 2.75) is 25.7 Å². The quantitative estimate of drug-likeness (QED) is 0.341. The zero-order valence-electron chi connectivity index (χ0n) is 18.9. The number of alkyl halides is 3. The lowest BCUT2D eigenvalue weighted by Gasteiger charge is -2.17. The molecule has 0 aliphatic heterocycles. The van der Waals surface area contributed by atoms with Gasteiger partial charge in [0.2, 0.25) is 0 Å². The maximum Gasteiger partial charge on any atom is 0.410 e. The molecule has 0 spiro atoms. The van der Waals surface area contributed by atoms with Crippen LogP contribution in [0, 0.1) is 17.1 Å². The first-order valence-corrected chi connectivity index (χ1v) is 10.5. The Kier molecular flexibility index (Phi) is 6.28. The number of nitrogen functional groups attached to an aromatic ring is 1. The fourth-order valence-electron chi connectivity index (χ4n) is 3.73. The molecule has 0 radical (unpaired) electrons. The number of nitriles is 1. The molecular formula is C23H19F4N7O2. The molecular weight excluding hydrogens is 482 g/mol. The molecule has 13 heteroatoms. The van der Waals surface area contributed by atoms with Crippen LogP contribution < -0.4 is 15.8 Å². The number of methoxy groups -OCH3 is 1. The van der Waals surface area contributed by atoms with Crippen molar-refractivity contribution in [3.05, 3.63) is 59.3 Å². The number of hydrogen-bond acceptors (Lipinski definition) is 6. The van der Waals surface area contributed by atoms with Crippen LogP contribution in [0.15, 0.2) is 36.7 Å². The fourth-order valence-corrected chi connectivity index (χ4v) is 3.73. The van der Waals surface area contributed by atoms with Gasteiger partial charge in [0, 0.05) is 23.3 Å². The molecule has 1 atom stereocenters. The first-order chi connectivity index (χ1) is 17.1. The number of amides is 1. The van der Waals surface area contributed by atoms with Gasteiger partial charge >= 0.3 is 6.18 Å². The van der Waals surface area contributed by atoms with Gasteiger partial charge < -0.3 is 20.8 Å². The molecule has 0 aliphatic rings. The number of aromatic nitrogens is 4. The molecule has 36 heavy (non-hydrogen) atoms. The van der Waals surface area contributed by atoms with Crippen LogP contribution in [-0.4, -0.2) is 38.9 Å². The second kappa shape index (κ2) is 9.21. The van der Waals surface area contributed by atoms with Crippen LogP contribution in [0.25, 0.3) is 22.2 Å². The van der Waals surface area contributed by atoms with E-state index >= 15 is 0 Å². The standard InChI is InChI=1S/C23H19F4N7O2/c1-11(23(25,26)27)34-21(29)15(8-28)19(33-34)16-9-31-17(20-13(16)5-6-30-20)10-32-22(35)14-7-12(24)3-4-18(14)36-2/h3-7,9,11,30H,10,29H2,1-2H3,(H,32,35). The summed E-state index contributed by atoms with van der Waals surface area (Å²) < 4.78 is 59.1. The van der Waals surface area contributed by atoms with Crippen LogP contribution in [0.5, 0.6) is 5.75 Å². The number of benzene rings is 1. The molecule has 1 unspecified atom stereocenters. The maximum absolute atomic E-state index is 13.6. The summed E-state index contributed by atoms with van der Waals surface area (Å²) in [5.74, 6) is -1.44. The SMILES string of the molecule is COc1ccc(F)cc1C(=O)NCc1ncc(-c2nn(C(C)C(F)(F)F)c(N)c2C#N)c2cc[nH]c12. The molecule has 0 bridgehead atoms. The molecule has 0 saturated heterocycles. The second-order valence-corrected chi connectivity index (χ2v) is 7.80. The Labute approximate surface area is 201 Å². The number of pyridine rings is 1. The van der Waals surface area contributed by atoms with Gasteiger partial charge in [-0.2, -0.15) is 23.5 Å². The Morgan fingerprint density at radius 1 is 1.36 bits per heavy atom. The highest BCUT2D eigenvalue weighted by molar-refractivity contribution is 5.98. The van der Waals surface area contributed by atoms with Gasteiger partial charge in [-0.25, -0.2) is 9.07 Å². The molecule has 186 valence electrons. The van der Waals surface area contributed by atoms with Crippen LogP contribution in [-0.2, 0) is 6.54 Å². The molecule has 3 aromatic heterocycles. The monoisotopic (exact) mass is 501 g/mol. The van der Waals surface area contributed by atoms with E-state index in [1.807, 2.05) is 6.07 Å². The predicted molar refractivity (Wildman–Crippen MR) is 121 cm³/mol. The lowest BCUT2D eigenvalue weighted by atomic mass is 10.1. The van der Waals surface area contributed by atoms with Gasteiger partial charge in [-0.3, -0.25) is 9.78 Å². The number of nitrogens with zero attached hydrogens (tertiary/aromatic N) is 4. The summed E-state index contributed by atoms with van der Waals surface area (Å²) in [7, 11) is 1.35. The number of rotatable bonds is 6. The van der Waals surface area contributed by atoms with E-state index in [4.69, 9.17) is 10.5 Å². The highest BCUT2D eigenvalue weighted by Gasteiger charge is 2.40. The van der Waals surface area contributed by atoms with Crippen molar-refractivity contribution in [3.63, 3.8) is 0 Å². The van der Waals surface area contributed by atoms with Crippen LogP contribution in [0.3, 0.4) is 0 Å². The third-order valence-corrected chi connectivity index (χ3v) is 5.65. The smallest absolute Gasteiger partial charge is 0.410 e. The molecule has 1 aromatic carbocycles. The number of anilines is 1. The topological polar surface area (TPSA) is 135 Å². The maximum atomic E-state index is 13.6. The molecule has 0 aliphatic carbocycles. The minimum atomic E-state index is -4.63. The van der Waals surface area contributed by atoms with Gasteiger partial charge in [0.15, 0.2) is 0 Å². The number of fused-ring (bicyclic) bond motifs is 1. The largest absolute Gasteiger partial charge is 0.496 e. The predicted octanol–water partition coefficient (Wildman–Crippen LogP) is 4.08. The molecule has 1 amide bonds. The average Bonchev–Trinajstić information content (AvgIpc) is 3.46. The Morgan fingerprint density at radius 2 is 2.11 bits per heavy atom. The van der Waals surface area contributed by atoms with E-state index in [-0.39, 0.29) is 34.7 Å². The second-order valence-electron chi connectivity index (χ2n) is 7.80. The minimum Gasteiger partial charge on any atom is -0.496 e. The van der Waals surface area contributed by atoms with E-state index < -0.39 is 29.8 Å². The van der Waals surface area contributed by atoms with Gasteiger partial charge in [0.25, 0.3) is 5.91 Å². The van der Waals surface area contributed by atoms with Crippen LogP contribution >= 0.6 is 0 Å². The lowest BCUT2D eigenvalue weighted by Crippen LogP contribution is -2.25. The summed E-state index contributed by atoms with van der Waals surface area (Å²) in [4.78, 5) is 19.9. The van der Waals surface area contributed by atoms with Crippen molar-refractivity contribution in [1.82, 2.24) is 25.1 Å². The molecule has 4 N–H and O–H groups in total. The van der Waals surface area contributed by atoms with Crippen molar-refractivity contribution in [3.8, 4) is 23.1 Å². The first kappa shape index (κ1) is 24.5.